The van der Waals surface area contributed by atoms with Crippen LogP contribution in [0, 0.1) is 5.92 Å². The topological polar surface area (TPSA) is 50.4 Å². The van der Waals surface area contributed by atoms with E-state index >= 15 is 0 Å². The van der Waals surface area contributed by atoms with Gasteiger partial charge in [-0.3, -0.25) is 4.79 Å². The van der Waals surface area contributed by atoms with Gasteiger partial charge in [0, 0.05) is 23.3 Å². The first-order valence-electron chi connectivity index (χ1n) is 7.93. The highest BCUT2D eigenvalue weighted by atomic mass is 16.5. The normalized spacial score (nSPS) is 29.0. The molecule has 1 aromatic rings. The van der Waals surface area contributed by atoms with Crippen molar-refractivity contribution < 1.29 is 9.53 Å². The Labute approximate surface area is 126 Å². The average molecular weight is 288 g/mol. The maximum absolute atomic E-state index is 11.7. The van der Waals surface area contributed by atoms with E-state index < -0.39 is 0 Å². The second kappa shape index (κ2) is 6.06. The Balaban J connectivity index is 1.55. The third-order valence-electron chi connectivity index (χ3n) is 4.17. The lowest BCUT2D eigenvalue weighted by Crippen LogP contribution is -2.36. The Hall–Kier alpha value is -1.55. The summed E-state index contributed by atoms with van der Waals surface area (Å²) in [5, 5.41) is 6.53. The molecule has 1 aliphatic carbocycles. The quantitative estimate of drug-likeness (QED) is 0.892. The van der Waals surface area contributed by atoms with E-state index in [1.807, 2.05) is 24.3 Å². The summed E-state index contributed by atoms with van der Waals surface area (Å²) in [6.45, 7) is 4.25. The Bertz CT molecular complexity index is 486. The van der Waals surface area contributed by atoms with Crippen LogP contribution in [0.1, 0.15) is 39.5 Å². The lowest BCUT2D eigenvalue weighted by atomic mass is 9.99. The summed E-state index contributed by atoms with van der Waals surface area (Å²) in [5.74, 6) is 0.399. The molecule has 21 heavy (non-hydrogen) atoms. The molecule has 2 atom stereocenters. The molecule has 0 radical (unpaired) electrons. The molecule has 1 heterocycles. The van der Waals surface area contributed by atoms with Crippen molar-refractivity contribution >= 4 is 17.3 Å². The molecule has 0 aromatic heterocycles. The van der Waals surface area contributed by atoms with Crippen molar-refractivity contribution in [3.05, 3.63) is 24.3 Å². The highest BCUT2D eigenvalue weighted by Gasteiger charge is 2.29. The fourth-order valence-electron chi connectivity index (χ4n) is 3.00. The number of amides is 1. The first-order valence-corrected chi connectivity index (χ1v) is 7.93. The van der Waals surface area contributed by atoms with Crippen molar-refractivity contribution in [1.29, 1.82) is 0 Å². The van der Waals surface area contributed by atoms with Crippen LogP contribution < -0.4 is 10.6 Å². The number of carbonyl (C=O) groups excluding carboxylic acids is 1. The zero-order chi connectivity index (χ0) is 14.8. The first kappa shape index (κ1) is 14.4. The van der Waals surface area contributed by atoms with Gasteiger partial charge in [0.1, 0.15) is 0 Å². The lowest BCUT2D eigenvalue weighted by Gasteiger charge is -2.33. The van der Waals surface area contributed by atoms with Gasteiger partial charge in [0.05, 0.1) is 12.2 Å². The lowest BCUT2D eigenvalue weighted by molar-refractivity contribution is -0.117. The molecule has 2 fully saturated rings. The van der Waals surface area contributed by atoms with Gasteiger partial charge < -0.3 is 15.4 Å². The predicted molar refractivity (Wildman–Crippen MR) is 84.4 cm³/mol. The number of rotatable bonds is 4. The summed E-state index contributed by atoms with van der Waals surface area (Å²) in [4.78, 5) is 11.7. The molecule has 114 valence electrons. The van der Waals surface area contributed by atoms with E-state index in [9.17, 15) is 4.79 Å². The zero-order valence-electron chi connectivity index (χ0n) is 12.8. The molecule has 1 saturated heterocycles. The van der Waals surface area contributed by atoms with Crippen LogP contribution >= 0.6 is 0 Å². The predicted octanol–water partition coefficient (Wildman–Crippen LogP) is 3.40. The van der Waals surface area contributed by atoms with Gasteiger partial charge in [-0.05, 0) is 63.8 Å². The van der Waals surface area contributed by atoms with Crippen LogP contribution in [0.15, 0.2) is 24.3 Å². The molecule has 3 rings (SSSR count). The van der Waals surface area contributed by atoms with Crippen LogP contribution in [-0.4, -0.2) is 24.2 Å². The fraction of sp³-hybridized carbons (Fsp3) is 0.588. The third kappa shape index (κ3) is 3.97. The van der Waals surface area contributed by atoms with Crippen LogP contribution in [0.2, 0.25) is 0 Å². The number of carbonyl (C=O) groups is 1. The monoisotopic (exact) mass is 288 g/mol. The Morgan fingerprint density at radius 2 is 1.62 bits per heavy atom. The van der Waals surface area contributed by atoms with Gasteiger partial charge in [-0.25, -0.2) is 0 Å². The van der Waals surface area contributed by atoms with Crippen LogP contribution in [0.4, 0.5) is 11.4 Å². The maximum atomic E-state index is 11.7. The van der Waals surface area contributed by atoms with Gasteiger partial charge in [0.2, 0.25) is 5.91 Å². The number of hydrogen-bond donors (Lipinski definition) is 2. The summed E-state index contributed by atoms with van der Waals surface area (Å²) < 4.78 is 5.76. The SMILES string of the molecule is CC1CC(Nc2ccc(NC(=O)C3CC3)cc2)CC(C)O1. The Morgan fingerprint density at radius 3 is 2.19 bits per heavy atom. The Kier molecular flexibility index (Phi) is 4.15. The molecule has 4 heteroatoms. The van der Waals surface area contributed by atoms with Crippen LogP contribution in [0.5, 0.6) is 0 Å². The summed E-state index contributed by atoms with van der Waals surface area (Å²) in [5.41, 5.74) is 1.98. The minimum absolute atomic E-state index is 0.155. The highest BCUT2D eigenvalue weighted by molar-refractivity contribution is 5.94. The van der Waals surface area contributed by atoms with E-state index in [4.69, 9.17) is 4.74 Å². The molecule has 0 spiro atoms. The smallest absolute Gasteiger partial charge is 0.227 e. The summed E-state index contributed by atoms with van der Waals surface area (Å²) in [6, 6.07) is 8.46. The summed E-state index contributed by atoms with van der Waals surface area (Å²) in [7, 11) is 0. The van der Waals surface area contributed by atoms with Crippen LogP contribution in [-0.2, 0) is 9.53 Å². The molecule has 1 saturated carbocycles. The highest BCUT2D eigenvalue weighted by Crippen LogP contribution is 2.30. The third-order valence-corrected chi connectivity index (χ3v) is 4.17. The molecular weight excluding hydrogens is 264 g/mol. The standard InChI is InChI=1S/C17H24N2O2/c1-11-9-16(10-12(2)21-11)18-14-5-7-15(8-6-14)19-17(20)13-3-4-13/h5-8,11-13,16,18H,3-4,9-10H2,1-2H3,(H,19,20). The summed E-state index contributed by atoms with van der Waals surface area (Å²) >= 11 is 0. The van der Waals surface area contributed by atoms with Crippen molar-refractivity contribution in [2.24, 2.45) is 5.92 Å². The second-order valence-corrected chi connectivity index (χ2v) is 6.41. The Morgan fingerprint density at radius 1 is 1.05 bits per heavy atom. The van der Waals surface area contributed by atoms with Gasteiger partial charge in [-0.1, -0.05) is 0 Å². The molecule has 4 nitrogen and oxygen atoms in total. The minimum atomic E-state index is 0.155. The van der Waals surface area contributed by atoms with Gasteiger partial charge in [0.15, 0.2) is 0 Å². The van der Waals surface area contributed by atoms with E-state index in [1.54, 1.807) is 0 Å². The van der Waals surface area contributed by atoms with Crippen molar-refractivity contribution in [2.75, 3.05) is 10.6 Å². The molecule has 2 N–H and O–H groups in total. The molecule has 0 bridgehead atoms. The average Bonchev–Trinajstić information content (AvgIpc) is 3.24. The van der Waals surface area contributed by atoms with E-state index in [0.29, 0.717) is 18.2 Å². The second-order valence-electron chi connectivity index (χ2n) is 6.41. The van der Waals surface area contributed by atoms with Crippen molar-refractivity contribution in [1.82, 2.24) is 0 Å². The molecule has 2 unspecified atom stereocenters. The van der Waals surface area contributed by atoms with Gasteiger partial charge in [0.25, 0.3) is 0 Å². The van der Waals surface area contributed by atoms with Gasteiger partial charge in [-0.15, -0.1) is 0 Å². The van der Waals surface area contributed by atoms with Crippen molar-refractivity contribution in [3.8, 4) is 0 Å². The van der Waals surface area contributed by atoms with Gasteiger partial charge in [-0.2, -0.15) is 0 Å². The van der Waals surface area contributed by atoms with E-state index in [1.165, 1.54) is 0 Å². The number of anilines is 2. The van der Waals surface area contributed by atoms with E-state index in [2.05, 4.69) is 24.5 Å². The summed E-state index contributed by atoms with van der Waals surface area (Å²) in [6.07, 6.45) is 4.75. The molecule has 1 amide bonds. The fourth-order valence-corrected chi connectivity index (χ4v) is 3.00. The number of ether oxygens (including phenoxy) is 1. The minimum Gasteiger partial charge on any atom is -0.382 e. The maximum Gasteiger partial charge on any atom is 0.227 e. The molecule has 2 aliphatic rings. The van der Waals surface area contributed by atoms with Gasteiger partial charge >= 0.3 is 0 Å². The van der Waals surface area contributed by atoms with E-state index in [0.717, 1.165) is 37.1 Å². The van der Waals surface area contributed by atoms with Crippen molar-refractivity contribution in [2.45, 2.75) is 57.8 Å². The number of nitrogens with one attached hydrogen (secondary N) is 2. The largest absolute Gasteiger partial charge is 0.382 e. The first-order chi connectivity index (χ1) is 10.1. The van der Waals surface area contributed by atoms with Crippen LogP contribution in [0.3, 0.4) is 0 Å². The number of hydrogen-bond acceptors (Lipinski definition) is 3. The van der Waals surface area contributed by atoms with Crippen LogP contribution in [0.25, 0.3) is 0 Å². The molecule has 1 aliphatic heterocycles. The number of benzene rings is 1. The molecule has 1 aromatic carbocycles. The van der Waals surface area contributed by atoms with E-state index in [-0.39, 0.29) is 11.8 Å². The van der Waals surface area contributed by atoms with Crippen molar-refractivity contribution in [3.63, 3.8) is 0 Å². The molecular formula is C17H24N2O2. The zero-order valence-corrected chi connectivity index (χ0v) is 12.8.